The van der Waals surface area contributed by atoms with E-state index in [4.69, 9.17) is 11.6 Å². The molecule has 7 nitrogen and oxygen atoms in total. The summed E-state index contributed by atoms with van der Waals surface area (Å²) in [6.45, 7) is 7.77. The molecule has 1 saturated carbocycles. The Kier molecular flexibility index (Phi) is 7.48. The minimum absolute atomic E-state index is 0.0339. The van der Waals surface area contributed by atoms with Crippen LogP contribution in [0.3, 0.4) is 0 Å². The van der Waals surface area contributed by atoms with E-state index in [1.165, 1.54) is 0 Å². The Hall–Kier alpha value is -2.67. The molecule has 1 aromatic heterocycles. The van der Waals surface area contributed by atoms with E-state index in [1.807, 2.05) is 41.3 Å². The van der Waals surface area contributed by atoms with Crippen LogP contribution in [0.15, 0.2) is 36.4 Å². The smallest absolute Gasteiger partial charge is 0.242 e. The van der Waals surface area contributed by atoms with E-state index in [9.17, 15) is 9.59 Å². The van der Waals surface area contributed by atoms with Crippen LogP contribution in [0.4, 0.5) is 5.82 Å². The molecular formula is C25H32ClN5O2. The number of halogens is 1. The predicted molar refractivity (Wildman–Crippen MR) is 130 cm³/mol. The van der Waals surface area contributed by atoms with Crippen LogP contribution >= 0.6 is 11.6 Å². The average Bonchev–Trinajstić information content (AvgIpc) is 3.65. The van der Waals surface area contributed by atoms with Gasteiger partial charge in [0.1, 0.15) is 0 Å². The van der Waals surface area contributed by atoms with Gasteiger partial charge >= 0.3 is 0 Å². The van der Waals surface area contributed by atoms with Crippen molar-refractivity contribution in [2.24, 2.45) is 11.8 Å². The minimum atomic E-state index is 0.0339. The quantitative estimate of drug-likeness (QED) is 0.618. The van der Waals surface area contributed by atoms with Crippen LogP contribution in [-0.4, -0.2) is 71.1 Å². The molecule has 2 aliphatic rings. The summed E-state index contributed by atoms with van der Waals surface area (Å²) in [4.78, 5) is 31.5. The molecule has 33 heavy (non-hydrogen) atoms. The zero-order valence-corrected chi connectivity index (χ0v) is 20.2. The number of nitrogens with zero attached hydrogens (tertiary/aromatic N) is 5. The van der Waals surface area contributed by atoms with Crippen molar-refractivity contribution in [1.82, 2.24) is 20.0 Å². The summed E-state index contributed by atoms with van der Waals surface area (Å²) in [5.74, 6) is 1.44. The Balaban J connectivity index is 1.36. The van der Waals surface area contributed by atoms with Gasteiger partial charge in [0.05, 0.1) is 17.3 Å². The molecule has 1 aliphatic carbocycles. The van der Waals surface area contributed by atoms with Crippen LogP contribution < -0.4 is 4.90 Å². The second-order valence-electron chi connectivity index (χ2n) is 9.36. The van der Waals surface area contributed by atoms with Crippen molar-refractivity contribution < 1.29 is 9.59 Å². The second kappa shape index (κ2) is 10.5. The molecule has 0 atom stereocenters. The number of benzene rings is 1. The molecule has 2 fully saturated rings. The SMILES string of the molecule is CC(C)CN(CC(=O)N1CCCN(c2ccc(-c3ccccc3Cl)nn2)CC1)C(=O)C1CC1. The normalized spacial score (nSPS) is 16.6. The molecule has 2 amide bonds. The van der Waals surface area contributed by atoms with Crippen molar-refractivity contribution in [3.8, 4) is 11.3 Å². The average molecular weight is 470 g/mol. The molecule has 176 valence electrons. The third-order valence-corrected chi connectivity index (χ3v) is 6.45. The first-order chi connectivity index (χ1) is 15.9. The first-order valence-corrected chi connectivity index (χ1v) is 12.2. The Labute approximate surface area is 200 Å². The van der Waals surface area contributed by atoms with Crippen molar-refractivity contribution in [3.63, 3.8) is 0 Å². The molecule has 4 rings (SSSR count). The van der Waals surface area contributed by atoms with Gasteiger partial charge in [0.25, 0.3) is 0 Å². The highest BCUT2D eigenvalue weighted by atomic mass is 35.5. The molecule has 0 radical (unpaired) electrons. The molecule has 8 heteroatoms. The Morgan fingerprint density at radius 2 is 1.85 bits per heavy atom. The largest absolute Gasteiger partial charge is 0.353 e. The van der Waals surface area contributed by atoms with Crippen LogP contribution in [0.5, 0.6) is 0 Å². The van der Waals surface area contributed by atoms with Gasteiger partial charge in [-0.2, -0.15) is 0 Å². The highest BCUT2D eigenvalue weighted by Crippen LogP contribution is 2.31. The standard InChI is InChI=1S/C25H32ClN5O2/c1-18(2)16-31(25(33)19-8-9-19)17-24(32)30-13-5-12-29(14-15-30)23-11-10-22(27-28-23)20-6-3-4-7-21(20)26/h3-4,6-7,10-11,18-19H,5,8-9,12-17H2,1-2H3. The van der Waals surface area contributed by atoms with Gasteiger partial charge in [-0.3, -0.25) is 9.59 Å². The second-order valence-corrected chi connectivity index (χ2v) is 9.77. The van der Waals surface area contributed by atoms with E-state index < -0.39 is 0 Å². The van der Waals surface area contributed by atoms with E-state index >= 15 is 0 Å². The highest BCUT2D eigenvalue weighted by molar-refractivity contribution is 6.33. The van der Waals surface area contributed by atoms with E-state index in [2.05, 4.69) is 28.9 Å². The Bertz CT molecular complexity index is 977. The fourth-order valence-electron chi connectivity index (χ4n) is 4.23. The summed E-state index contributed by atoms with van der Waals surface area (Å²) in [7, 11) is 0. The molecule has 0 N–H and O–H groups in total. The number of hydrogen-bond donors (Lipinski definition) is 0. The molecule has 2 aromatic rings. The van der Waals surface area contributed by atoms with Gasteiger partial charge in [0.15, 0.2) is 5.82 Å². The summed E-state index contributed by atoms with van der Waals surface area (Å²) in [5.41, 5.74) is 1.60. The number of carbonyl (C=O) groups excluding carboxylic acids is 2. The van der Waals surface area contributed by atoms with Gasteiger partial charge in [0, 0.05) is 44.2 Å². The molecule has 0 unspecified atom stereocenters. The number of anilines is 1. The number of amides is 2. The summed E-state index contributed by atoms with van der Waals surface area (Å²) < 4.78 is 0. The number of hydrogen-bond acceptors (Lipinski definition) is 5. The first-order valence-electron chi connectivity index (χ1n) is 11.8. The van der Waals surface area contributed by atoms with Crippen LogP contribution in [0.1, 0.15) is 33.1 Å². The fourth-order valence-corrected chi connectivity index (χ4v) is 4.46. The van der Waals surface area contributed by atoms with Crippen LogP contribution in [-0.2, 0) is 9.59 Å². The van der Waals surface area contributed by atoms with E-state index in [1.54, 1.807) is 4.90 Å². The molecule has 1 aromatic carbocycles. The number of rotatable bonds is 7. The monoisotopic (exact) mass is 469 g/mol. The molecule has 1 aliphatic heterocycles. The third kappa shape index (κ3) is 6.02. The molecule has 1 saturated heterocycles. The van der Waals surface area contributed by atoms with E-state index in [0.717, 1.165) is 42.9 Å². The zero-order valence-electron chi connectivity index (χ0n) is 19.4. The topological polar surface area (TPSA) is 69.6 Å². The van der Waals surface area contributed by atoms with E-state index in [-0.39, 0.29) is 24.3 Å². The maximum atomic E-state index is 13.0. The molecule has 0 bridgehead atoms. The minimum Gasteiger partial charge on any atom is -0.353 e. The lowest BCUT2D eigenvalue weighted by Crippen LogP contribution is -2.45. The predicted octanol–water partition coefficient (Wildman–Crippen LogP) is 3.73. The summed E-state index contributed by atoms with van der Waals surface area (Å²) in [5, 5.41) is 9.45. The highest BCUT2D eigenvalue weighted by Gasteiger charge is 2.35. The number of carbonyl (C=O) groups is 2. The van der Waals surface area contributed by atoms with Gasteiger partial charge in [-0.25, -0.2) is 0 Å². The van der Waals surface area contributed by atoms with E-state index in [0.29, 0.717) is 37.1 Å². The number of aromatic nitrogens is 2. The summed E-state index contributed by atoms with van der Waals surface area (Å²) in [6, 6.07) is 11.5. The van der Waals surface area contributed by atoms with Crippen LogP contribution in [0.25, 0.3) is 11.3 Å². The third-order valence-electron chi connectivity index (χ3n) is 6.12. The van der Waals surface area contributed by atoms with Gasteiger partial charge in [-0.1, -0.05) is 43.6 Å². The molecule has 0 spiro atoms. The lowest BCUT2D eigenvalue weighted by atomic mass is 10.1. The van der Waals surface area contributed by atoms with Gasteiger partial charge in [-0.05, 0) is 43.4 Å². The van der Waals surface area contributed by atoms with Crippen molar-refractivity contribution in [2.45, 2.75) is 33.1 Å². The van der Waals surface area contributed by atoms with Crippen molar-refractivity contribution in [2.75, 3.05) is 44.2 Å². The fraction of sp³-hybridized carbons (Fsp3) is 0.520. The van der Waals surface area contributed by atoms with Crippen LogP contribution in [0, 0.1) is 11.8 Å². The van der Waals surface area contributed by atoms with Gasteiger partial charge in [-0.15, -0.1) is 10.2 Å². The maximum absolute atomic E-state index is 13.0. The molecular weight excluding hydrogens is 438 g/mol. The van der Waals surface area contributed by atoms with Crippen molar-refractivity contribution in [1.29, 1.82) is 0 Å². The Morgan fingerprint density at radius 1 is 1.06 bits per heavy atom. The lowest BCUT2D eigenvalue weighted by Gasteiger charge is -2.28. The maximum Gasteiger partial charge on any atom is 0.242 e. The van der Waals surface area contributed by atoms with Crippen molar-refractivity contribution in [3.05, 3.63) is 41.4 Å². The summed E-state index contributed by atoms with van der Waals surface area (Å²) in [6.07, 6.45) is 2.76. The lowest BCUT2D eigenvalue weighted by molar-refractivity contribution is -0.141. The molecule has 2 heterocycles. The zero-order chi connectivity index (χ0) is 23.4. The van der Waals surface area contributed by atoms with Gasteiger partial charge in [0.2, 0.25) is 11.8 Å². The van der Waals surface area contributed by atoms with Crippen LogP contribution in [0.2, 0.25) is 5.02 Å². The Morgan fingerprint density at radius 3 is 2.52 bits per heavy atom. The summed E-state index contributed by atoms with van der Waals surface area (Å²) >= 11 is 6.28. The first kappa shape index (κ1) is 23.5. The van der Waals surface area contributed by atoms with Crippen molar-refractivity contribution >= 4 is 29.2 Å². The van der Waals surface area contributed by atoms with Gasteiger partial charge < -0.3 is 14.7 Å².